The van der Waals surface area contributed by atoms with Crippen LogP contribution in [0.1, 0.15) is 104 Å². The maximum absolute atomic E-state index is 13.3. The van der Waals surface area contributed by atoms with E-state index in [4.69, 9.17) is 27.9 Å². The van der Waals surface area contributed by atoms with Crippen molar-refractivity contribution in [3.63, 3.8) is 0 Å². The fourth-order valence-corrected chi connectivity index (χ4v) is 10.2. The highest BCUT2D eigenvalue weighted by Crippen LogP contribution is 2.52. The number of hydrogen-bond acceptors (Lipinski definition) is 6. The molecule has 0 radical (unpaired) electrons. The number of carboxylic acid groups (broad SMARTS) is 1. The summed E-state index contributed by atoms with van der Waals surface area (Å²) in [4.78, 5) is 11.6. The van der Waals surface area contributed by atoms with Gasteiger partial charge in [0, 0.05) is 26.9 Å². The molecule has 0 saturated carbocycles. The van der Waals surface area contributed by atoms with Crippen LogP contribution in [0.2, 0.25) is 10.0 Å². The summed E-state index contributed by atoms with van der Waals surface area (Å²) >= 11 is 13.2. The lowest BCUT2D eigenvalue weighted by atomic mass is 9.69. The van der Waals surface area contributed by atoms with Crippen LogP contribution in [-0.4, -0.2) is 37.0 Å². The fourth-order valence-electron chi connectivity index (χ4n) is 8.01. The van der Waals surface area contributed by atoms with Crippen LogP contribution < -0.4 is 15.2 Å². The van der Waals surface area contributed by atoms with Crippen LogP contribution in [0.3, 0.4) is 0 Å². The van der Waals surface area contributed by atoms with Crippen molar-refractivity contribution < 1.29 is 40.6 Å². The topological polar surface area (TPSA) is 155 Å². The van der Waals surface area contributed by atoms with Gasteiger partial charge in [0.05, 0.1) is 10.6 Å². The molecule has 2 aliphatic carbocycles. The molecule has 13 heteroatoms. The summed E-state index contributed by atoms with van der Waals surface area (Å²) in [6.07, 6.45) is 3.27. The van der Waals surface area contributed by atoms with Gasteiger partial charge >= 0.3 is 5.97 Å². The molecule has 0 fully saturated rings. The van der Waals surface area contributed by atoms with E-state index in [1.165, 1.54) is 12.1 Å². The third kappa shape index (κ3) is 5.58. The molecule has 6 rings (SSSR count). The molecule has 3 N–H and O–H groups in total. The Bertz CT molecular complexity index is 2290. The van der Waals surface area contributed by atoms with Crippen molar-refractivity contribution in [3.05, 3.63) is 78.1 Å². The van der Waals surface area contributed by atoms with E-state index >= 15 is 0 Å². The Morgan fingerprint density at radius 3 is 2.06 bits per heavy atom. The number of carboxylic acids is 1. The molecule has 0 saturated heterocycles. The summed E-state index contributed by atoms with van der Waals surface area (Å²) < 4.78 is 81.2. The van der Waals surface area contributed by atoms with Crippen LogP contribution in [-0.2, 0) is 26.7 Å². The van der Waals surface area contributed by atoms with Crippen molar-refractivity contribution in [2.45, 2.75) is 82.4 Å². The number of ether oxygens (including phenoxy) is 1. The van der Waals surface area contributed by atoms with E-state index in [2.05, 4.69) is 0 Å². The molecule has 0 amide bonds. The van der Waals surface area contributed by atoms with E-state index in [1.54, 1.807) is 18.2 Å². The van der Waals surface area contributed by atoms with E-state index in [9.17, 15) is 35.8 Å². The zero-order valence-electron chi connectivity index (χ0n) is 26.5. The number of carbonyl (C=O) groups is 1. The highest BCUT2D eigenvalue weighted by molar-refractivity contribution is 7.86. The van der Waals surface area contributed by atoms with Gasteiger partial charge in [0.15, 0.2) is 11.5 Å². The molecule has 0 spiro atoms. The van der Waals surface area contributed by atoms with Gasteiger partial charge in [-0.1, -0.05) is 70.8 Å². The van der Waals surface area contributed by atoms with E-state index in [1.807, 2.05) is 41.5 Å². The quantitative estimate of drug-likeness (QED) is 0.190. The zero-order valence-corrected chi connectivity index (χ0v) is 29.7. The molecule has 47 heavy (non-hydrogen) atoms. The molecule has 3 aromatic carbocycles. The summed E-state index contributed by atoms with van der Waals surface area (Å²) in [5.41, 5.74) is 0.216. The number of benzene rings is 3. The summed E-state index contributed by atoms with van der Waals surface area (Å²) in [5, 5.41) is 10.4. The smallest absolute Gasteiger partial charge is 0.337 e. The second-order valence-corrected chi connectivity index (χ2v) is 18.0. The Kier molecular flexibility index (Phi) is 7.79. The number of halogens is 2. The zero-order chi connectivity index (χ0) is 34.8. The predicted molar refractivity (Wildman–Crippen MR) is 179 cm³/mol. The molecule has 0 aromatic heterocycles. The van der Waals surface area contributed by atoms with Crippen molar-refractivity contribution in [3.8, 4) is 11.5 Å². The van der Waals surface area contributed by atoms with Gasteiger partial charge in [-0.25, -0.2) is 4.79 Å². The maximum atomic E-state index is 13.3. The Morgan fingerprint density at radius 2 is 1.47 bits per heavy atom. The fraction of sp³-hybridized carbons (Fsp3) is 0.382. The summed E-state index contributed by atoms with van der Waals surface area (Å²) in [7, 11) is -10.1. The second kappa shape index (κ2) is 10.8. The Balaban J connectivity index is 1.96. The monoisotopic (exact) mass is 720 g/mol. The minimum Gasteiger partial charge on any atom is -0.478 e. The molecular formula is C34H34Cl2O9S2. The third-order valence-corrected chi connectivity index (χ3v) is 11.9. The van der Waals surface area contributed by atoms with Gasteiger partial charge < -0.3 is 9.84 Å². The summed E-state index contributed by atoms with van der Waals surface area (Å²) in [6.45, 7) is 11.6. The van der Waals surface area contributed by atoms with Gasteiger partial charge in [0.1, 0.15) is 9.79 Å². The van der Waals surface area contributed by atoms with Gasteiger partial charge in [-0.2, -0.15) is 16.8 Å². The molecule has 1 aliphatic heterocycles. The van der Waals surface area contributed by atoms with E-state index in [-0.39, 0.29) is 60.9 Å². The second-order valence-electron chi connectivity index (χ2n) is 14.4. The molecular weight excluding hydrogens is 687 g/mol. The summed E-state index contributed by atoms with van der Waals surface area (Å²) in [5.74, 6) is -2.67. The molecule has 1 heterocycles. The van der Waals surface area contributed by atoms with Crippen molar-refractivity contribution in [1.29, 1.82) is 0 Å². The average Bonchev–Trinajstić information content (AvgIpc) is 2.88. The van der Waals surface area contributed by atoms with Crippen LogP contribution in [0.4, 0.5) is 0 Å². The van der Waals surface area contributed by atoms with Crippen LogP contribution in [0.15, 0.2) is 34.1 Å². The Labute approximate surface area is 283 Å². The van der Waals surface area contributed by atoms with Crippen LogP contribution in [0.5, 0.6) is 11.5 Å². The normalized spacial score (nSPS) is 21.0. The van der Waals surface area contributed by atoms with Crippen molar-refractivity contribution >= 4 is 61.1 Å². The van der Waals surface area contributed by atoms with Gasteiger partial charge in [0.25, 0.3) is 20.2 Å². The minimum absolute atomic E-state index is 0.0422. The minimum atomic E-state index is -5.06. The molecule has 0 bridgehead atoms. The number of aromatic carboxylic acids is 1. The first kappa shape index (κ1) is 34.0. The first-order valence-corrected chi connectivity index (χ1v) is 18.6. The third-order valence-electron chi connectivity index (χ3n) is 9.45. The number of fused-ring (bicyclic) bond motifs is 4. The molecule has 3 aliphatic rings. The van der Waals surface area contributed by atoms with E-state index in [0.717, 1.165) is 0 Å². The average molecular weight is 722 g/mol. The number of hydrogen-bond donors (Lipinski definition) is 3. The first-order chi connectivity index (χ1) is 21.5. The van der Waals surface area contributed by atoms with Crippen LogP contribution in [0, 0.1) is 10.8 Å². The van der Waals surface area contributed by atoms with Crippen LogP contribution in [0.25, 0.3) is 11.6 Å². The molecule has 250 valence electrons. The first-order valence-electron chi connectivity index (χ1n) is 15.0. The number of rotatable bonds is 4. The standard InChI is InChI=1S/C34H34Cl2O9S2/c1-15-11-33(3,4)13-21-17(15)9-19-25(26-23(35)7-8-24(36)27(26)32(37)38)20-10-18-16(2)12-34(5,6)14-22(18)31(47(42,43)44)29(20)45-28(19)30(21)46(39,40)41/h7-10,13,15-16H,11-12,14H2,1-6H3,(H,37,38)(H,39,40,41)(H,42,43,44). The van der Waals surface area contributed by atoms with Crippen molar-refractivity contribution in [1.82, 2.24) is 0 Å². The molecule has 3 aromatic rings. The van der Waals surface area contributed by atoms with Crippen LogP contribution >= 0.6 is 23.2 Å². The van der Waals surface area contributed by atoms with E-state index in [0.29, 0.717) is 29.5 Å². The lowest BCUT2D eigenvalue weighted by Crippen LogP contribution is -2.35. The summed E-state index contributed by atoms with van der Waals surface area (Å²) in [6, 6.07) is 6.08. The Morgan fingerprint density at radius 1 is 0.872 bits per heavy atom. The van der Waals surface area contributed by atoms with Gasteiger partial charge in [-0.15, -0.1) is 0 Å². The highest BCUT2D eigenvalue weighted by atomic mass is 35.5. The van der Waals surface area contributed by atoms with Crippen molar-refractivity contribution in [2.75, 3.05) is 0 Å². The molecule has 9 nitrogen and oxygen atoms in total. The largest absolute Gasteiger partial charge is 0.478 e. The van der Waals surface area contributed by atoms with Crippen molar-refractivity contribution in [2.24, 2.45) is 10.8 Å². The lowest BCUT2D eigenvalue weighted by Gasteiger charge is -2.38. The lowest BCUT2D eigenvalue weighted by molar-refractivity contribution is 0.0696. The van der Waals surface area contributed by atoms with Gasteiger partial charge in [-0.05, 0) is 88.1 Å². The predicted octanol–water partition coefficient (Wildman–Crippen LogP) is 6.93. The van der Waals surface area contributed by atoms with E-state index < -0.39 is 58.5 Å². The Hall–Kier alpha value is -2.93. The molecule has 2 atom stereocenters. The highest BCUT2D eigenvalue weighted by Gasteiger charge is 2.42. The maximum Gasteiger partial charge on any atom is 0.337 e. The van der Waals surface area contributed by atoms with Gasteiger partial charge in [-0.3, -0.25) is 9.11 Å². The van der Waals surface area contributed by atoms with Gasteiger partial charge in [0.2, 0.25) is 0 Å². The SMILES string of the molecule is CC1CC(C)(C)Cc2c1cc1c(c2S(=O)(=O)O)Oc2c(S(=O)(=O)O)c3c(cc2=C1c1c(Cl)ccc(Cl)c1C(=O)O)C(C)CC(C)(C)C=3. The molecule has 2 unspecified atom stereocenters.